The van der Waals surface area contributed by atoms with Crippen LogP contribution in [0.5, 0.6) is 0 Å². The maximum atomic E-state index is 11.5. The monoisotopic (exact) mass is 295 g/mol. The molecule has 0 saturated heterocycles. The van der Waals surface area contributed by atoms with Crippen LogP contribution in [0.4, 0.5) is 0 Å². The van der Waals surface area contributed by atoms with Gasteiger partial charge in [-0.25, -0.2) is 9.78 Å². The van der Waals surface area contributed by atoms with Gasteiger partial charge < -0.3 is 9.84 Å². The number of pyridine rings is 1. The minimum absolute atomic E-state index is 0.548. The second-order valence-corrected chi connectivity index (χ2v) is 5.47. The molecule has 0 fully saturated rings. The third-order valence-corrected chi connectivity index (χ3v) is 3.94. The van der Waals surface area contributed by atoms with Crippen LogP contribution in [0.15, 0.2) is 6.07 Å². The highest BCUT2D eigenvalue weighted by atomic mass is 32.1. The second-order valence-electron chi connectivity index (χ2n) is 4.24. The molecule has 0 bridgehead atoms. The van der Waals surface area contributed by atoms with E-state index in [9.17, 15) is 9.90 Å². The van der Waals surface area contributed by atoms with E-state index in [1.165, 1.54) is 7.11 Å². The minimum atomic E-state index is -1.27. The number of aromatic nitrogens is 1. The maximum Gasteiger partial charge on any atom is 0.339 e. The van der Waals surface area contributed by atoms with Crippen molar-refractivity contribution < 1.29 is 14.6 Å². The van der Waals surface area contributed by atoms with Gasteiger partial charge in [-0.1, -0.05) is 13.8 Å². The molecule has 110 valence electrons. The summed E-state index contributed by atoms with van der Waals surface area (Å²) < 4.78 is 4.58. The average Bonchev–Trinajstić information content (AvgIpc) is 2.80. The summed E-state index contributed by atoms with van der Waals surface area (Å²) in [5, 5.41) is 11.0. The molecule has 1 atom stereocenters. The fourth-order valence-electron chi connectivity index (χ4n) is 2.12. The van der Waals surface area contributed by atoms with Crippen molar-refractivity contribution in [2.75, 3.05) is 7.11 Å². The van der Waals surface area contributed by atoms with Gasteiger partial charge in [-0.05, 0) is 32.4 Å². The second kappa shape index (κ2) is 6.81. The summed E-state index contributed by atoms with van der Waals surface area (Å²) in [5.74, 6) is -0.658. The third kappa shape index (κ3) is 2.99. The van der Waals surface area contributed by atoms with E-state index in [2.05, 4.69) is 9.72 Å². The summed E-state index contributed by atoms with van der Waals surface area (Å²) in [4.78, 5) is 18.0. The Morgan fingerprint density at radius 1 is 1.35 bits per heavy atom. The zero-order valence-electron chi connectivity index (χ0n) is 12.8. The molecule has 0 amide bonds. The summed E-state index contributed by atoms with van der Waals surface area (Å²) in [6, 6.07) is 2.02. The average molecular weight is 295 g/mol. The molecule has 0 aliphatic rings. The van der Waals surface area contributed by atoms with E-state index in [1.54, 1.807) is 18.3 Å². The topological polar surface area (TPSA) is 59.4 Å². The Kier molecular flexibility index (Phi) is 5.65. The van der Waals surface area contributed by atoms with Crippen molar-refractivity contribution in [1.29, 1.82) is 0 Å². The first-order chi connectivity index (χ1) is 9.45. The Balaban J connectivity index is 0.000000956. The maximum absolute atomic E-state index is 11.5. The fraction of sp³-hybridized carbons (Fsp3) is 0.467. The number of methoxy groups -OCH3 is 1. The van der Waals surface area contributed by atoms with Gasteiger partial charge in [0.2, 0.25) is 0 Å². The lowest BCUT2D eigenvalue weighted by Crippen LogP contribution is -2.16. The molecule has 0 radical (unpaired) electrons. The number of aliphatic hydroxyl groups is 1. The number of carbonyl (C=O) groups is 1. The van der Waals surface area contributed by atoms with Crippen LogP contribution in [-0.4, -0.2) is 23.2 Å². The Bertz CT molecular complexity index is 619. The lowest BCUT2D eigenvalue weighted by Gasteiger charge is -2.14. The normalized spacial score (nSPS) is 11.8. The number of ether oxygens (including phenoxy) is 1. The lowest BCUT2D eigenvalue weighted by atomic mass is 10.00. The van der Waals surface area contributed by atoms with E-state index in [0.29, 0.717) is 11.3 Å². The zero-order valence-corrected chi connectivity index (χ0v) is 13.6. The molecule has 0 saturated carbocycles. The van der Waals surface area contributed by atoms with Crippen LogP contribution in [0, 0.1) is 20.8 Å². The van der Waals surface area contributed by atoms with Gasteiger partial charge in [0.15, 0.2) is 6.10 Å². The van der Waals surface area contributed by atoms with E-state index in [1.807, 2.05) is 33.8 Å². The van der Waals surface area contributed by atoms with Gasteiger partial charge >= 0.3 is 5.97 Å². The predicted molar refractivity (Wildman–Crippen MR) is 82.2 cm³/mol. The van der Waals surface area contributed by atoms with Gasteiger partial charge in [0, 0.05) is 21.5 Å². The number of aliphatic hydroxyl groups excluding tert-OH is 1. The van der Waals surface area contributed by atoms with Crippen LogP contribution >= 0.6 is 11.3 Å². The van der Waals surface area contributed by atoms with Gasteiger partial charge in [-0.3, -0.25) is 0 Å². The van der Waals surface area contributed by atoms with Crippen molar-refractivity contribution in [3.63, 3.8) is 0 Å². The molecule has 4 nitrogen and oxygen atoms in total. The molecule has 2 aromatic heterocycles. The number of esters is 1. The van der Waals surface area contributed by atoms with Gasteiger partial charge in [0.1, 0.15) is 4.83 Å². The van der Waals surface area contributed by atoms with Crippen LogP contribution in [0.1, 0.15) is 41.6 Å². The Labute approximate surface area is 123 Å². The highest BCUT2D eigenvalue weighted by Gasteiger charge is 2.24. The molecule has 5 heteroatoms. The van der Waals surface area contributed by atoms with Gasteiger partial charge in [0.25, 0.3) is 0 Å². The van der Waals surface area contributed by atoms with E-state index in [-0.39, 0.29) is 0 Å². The number of rotatable bonds is 2. The predicted octanol–water partition coefficient (Wildman–Crippen LogP) is 3.45. The first kappa shape index (κ1) is 16.6. The van der Waals surface area contributed by atoms with Crippen molar-refractivity contribution in [3.05, 3.63) is 27.8 Å². The number of fused-ring (bicyclic) bond motifs is 1. The van der Waals surface area contributed by atoms with Gasteiger partial charge in [0.05, 0.1) is 7.11 Å². The van der Waals surface area contributed by atoms with E-state index >= 15 is 0 Å². The van der Waals surface area contributed by atoms with Crippen molar-refractivity contribution >= 4 is 27.5 Å². The fourth-order valence-corrected chi connectivity index (χ4v) is 3.10. The molecule has 1 N–H and O–H groups in total. The summed E-state index contributed by atoms with van der Waals surface area (Å²) in [6.07, 6.45) is -1.27. The Morgan fingerprint density at radius 3 is 2.50 bits per heavy atom. The third-order valence-electron chi connectivity index (χ3n) is 3.00. The molecular weight excluding hydrogens is 274 g/mol. The SMILES string of the molecule is CC.COC(=O)C(O)c1c(C)nc2sc(C)cc2c1C. The van der Waals surface area contributed by atoms with Crippen molar-refractivity contribution in [2.24, 2.45) is 0 Å². The standard InChI is InChI=1S/C13H15NO3S.C2H6/c1-6-5-9-7(2)10(11(15)13(16)17-4)8(3)14-12(9)18-6;1-2/h5,11,15H,1-4H3;1-2H3. The molecule has 0 aromatic carbocycles. The van der Waals surface area contributed by atoms with Gasteiger partial charge in [-0.15, -0.1) is 11.3 Å². The number of carbonyl (C=O) groups excluding carboxylic acids is 1. The summed E-state index contributed by atoms with van der Waals surface area (Å²) in [5.41, 5.74) is 2.10. The Hall–Kier alpha value is -1.46. The van der Waals surface area contributed by atoms with Crippen LogP contribution in [0.2, 0.25) is 0 Å². The molecule has 0 aliphatic carbocycles. The van der Waals surface area contributed by atoms with E-state index in [4.69, 9.17) is 0 Å². The van der Waals surface area contributed by atoms with Crippen molar-refractivity contribution in [3.8, 4) is 0 Å². The molecule has 20 heavy (non-hydrogen) atoms. The van der Waals surface area contributed by atoms with E-state index < -0.39 is 12.1 Å². The summed E-state index contributed by atoms with van der Waals surface area (Å²) >= 11 is 1.61. The number of nitrogens with zero attached hydrogens (tertiary/aromatic N) is 1. The quantitative estimate of drug-likeness (QED) is 0.862. The highest BCUT2D eigenvalue weighted by Crippen LogP contribution is 2.32. The molecule has 0 spiro atoms. The van der Waals surface area contributed by atoms with Crippen molar-refractivity contribution in [2.45, 2.75) is 40.7 Å². The first-order valence-electron chi connectivity index (χ1n) is 6.58. The van der Waals surface area contributed by atoms with Gasteiger partial charge in [-0.2, -0.15) is 0 Å². The summed E-state index contributed by atoms with van der Waals surface area (Å²) in [6.45, 7) is 9.70. The number of hydrogen-bond acceptors (Lipinski definition) is 5. The molecule has 2 aromatic rings. The van der Waals surface area contributed by atoms with Crippen LogP contribution in [0.3, 0.4) is 0 Å². The lowest BCUT2D eigenvalue weighted by molar-refractivity contribution is -0.150. The minimum Gasteiger partial charge on any atom is -0.467 e. The number of aryl methyl sites for hydroxylation is 3. The summed E-state index contributed by atoms with van der Waals surface area (Å²) in [7, 11) is 1.26. The largest absolute Gasteiger partial charge is 0.467 e. The zero-order chi connectivity index (χ0) is 15.4. The van der Waals surface area contributed by atoms with Crippen molar-refractivity contribution in [1.82, 2.24) is 4.98 Å². The van der Waals surface area contributed by atoms with Crippen LogP contribution in [0.25, 0.3) is 10.2 Å². The molecular formula is C15H21NO3S. The Morgan fingerprint density at radius 2 is 1.95 bits per heavy atom. The molecule has 0 aliphatic heterocycles. The van der Waals surface area contributed by atoms with Crippen LogP contribution < -0.4 is 0 Å². The van der Waals surface area contributed by atoms with E-state index in [0.717, 1.165) is 20.7 Å². The first-order valence-corrected chi connectivity index (χ1v) is 7.40. The molecule has 1 unspecified atom stereocenters. The number of thiophene rings is 1. The van der Waals surface area contributed by atoms with Crippen LogP contribution in [-0.2, 0) is 9.53 Å². The number of hydrogen-bond donors (Lipinski definition) is 1. The highest BCUT2D eigenvalue weighted by molar-refractivity contribution is 7.18. The molecule has 2 rings (SSSR count). The molecule has 2 heterocycles. The smallest absolute Gasteiger partial charge is 0.339 e.